The van der Waals surface area contributed by atoms with E-state index in [4.69, 9.17) is 4.74 Å². The second-order valence-electron chi connectivity index (χ2n) is 7.48. The van der Waals surface area contributed by atoms with Gasteiger partial charge in [-0.05, 0) is 50.8 Å². The topological polar surface area (TPSA) is 84.7 Å². The number of benzene rings is 1. The molecule has 0 saturated carbocycles. The van der Waals surface area contributed by atoms with Crippen molar-refractivity contribution in [2.75, 3.05) is 13.1 Å². The fourth-order valence-corrected chi connectivity index (χ4v) is 4.00. The van der Waals surface area contributed by atoms with Crippen LogP contribution in [0.5, 0.6) is 0 Å². The van der Waals surface area contributed by atoms with Crippen molar-refractivity contribution in [3.63, 3.8) is 0 Å². The summed E-state index contributed by atoms with van der Waals surface area (Å²) < 4.78 is 21.4. The van der Waals surface area contributed by atoms with E-state index in [-0.39, 0.29) is 24.2 Å². The van der Waals surface area contributed by atoms with Gasteiger partial charge in [0.05, 0.1) is 12.6 Å². The SMILES string of the molecule is Cc1ccc(F)c(-n2nc(C(=O)N3CC(C(=O)O)O[C@H](C)C3)c3c2CCC3)c1. The Kier molecular flexibility index (Phi) is 4.66. The zero-order valence-corrected chi connectivity index (χ0v) is 15.8. The van der Waals surface area contributed by atoms with Crippen LogP contribution in [0.25, 0.3) is 5.69 Å². The normalized spacial score (nSPS) is 21.6. The molecule has 1 aromatic carbocycles. The Balaban J connectivity index is 1.72. The van der Waals surface area contributed by atoms with Gasteiger partial charge in [0.25, 0.3) is 5.91 Å². The van der Waals surface area contributed by atoms with E-state index < -0.39 is 17.9 Å². The number of morpholine rings is 1. The third kappa shape index (κ3) is 3.17. The highest BCUT2D eigenvalue weighted by molar-refractivity contribution is 5.95. The maximum Gasteiger partial charge on any atom is 0.334 e. The first-order chi connectivity index (χ1) is 13.3. The third-order valence-electron chi connectivity index (χ3n) is 5.29. The van der Waals surface area contributed by atoms with Gasteiger partial charge < -0.3 is 14.7 Å². The molecular weight excluding hydrogens is 365 g/mol. The molecule has 1 amide bonds. The Hall–Kier alpha value is -2.74. The number of carboxylic acid groups (broad SMARTS) is 1. The fourth-order valence-electron chi connectivity index (χ4n) is 4.00. The van der Waals surface area contributed by atoms with E-state index in [1.165, 1.54) is 15.6 Å². The molecule has 0 spiro atoms. The minimum atomic E-state index is -1.10. The Morgan fingerprint density at radius 1 is 1.29 bits per heavy atom. The average molecular weight is 387 g/mol. The van der Waals surface area contributed by atoms with Crippen molar-refractivity contribution in [3.05, 3.63) is 46.5 Å². The monoisotopic (exact) mass is 387 g/mol. The fraction of sp³-hybridized carbons (Fsp3) is 0.450. The summed E-state index contributed by atoms with van der Waals surface area (Å²) in [5, 5.41) is 13.7. The van der Waals surface area contributed by atoms with Crippen molar-refractivity contribution in [3.8, 4) is 5.69 Å². The molecule has 2 atom stereocenters. The van der Waals surface area contributed by atoms with Gasteiger partial charge in [-0.2, -0.15) is 5.10 Å². The van der Waals surface area contributed by atoms with Gasteiger partial charge in [-0.25, -0.2) is 13.9 Å². The van der Waals surface area contributed by atoms with Crippen LogP contribution in [0.4, 0.5) is 4.39 Å². The first kappa shape index (κ1) is 18.6. The van der Waals surface area contributed by atoms with Gasteiger partial charge in [0, 0.05) is 17.8 Å². The molecule has 148 valence electrons. The zero-order chi connectivity index (χ0) is 20.0. The van der Waals surface area contributed by atoms with Crippen LogP contribution < -0.4 is 0 Å². The summed E-state index contributed by atoms with van der Waals surface area (Å²) >= 11 is 0. The molecule has 2 aliphatic rings. The summed E-state index contributed by atoms with van der Waals surface area (Å²) in [6.45, 7) is 3.88. The number of halogens is 1. The van der Waals surface area contributed by atoms with Crippen LogP contribution in [0, 0.1) is 12.7 Å². The Morgan fingerprint density at radius 3 is 2.82 bits per heavy atom. The maximum atomic E-state index is 14.4. The number of carbonyl (C=O) groups is 2. The molecule has 1 aliphatic carbocycles. The summed E-state index contributed by atoms with van der Waals surface area (Å²) in [4.78, 5) is 26.0. The summed E-state index contributed by atoms with van der Waals surface area (Å²) in [6.07, 6.45) is 0.852. The number of aliphatic carboxylic acids is 1. The van der Waals surface area contributed by atoms with Gasteiger partial charge in [-0.1, -0.05) is 6.07 Å². The number of amides is 1. The number of aromatic nitrogens is 2. The minimum Gasteiger partial charge on any atom is -0.479 e. The summed E-state index contributed by atoms with van der Waals surface area (Å²) in [5.41, 5.74) is 3.20. The third-order valence-corrected chi connectivity index (χ3v) is 5.29. The first-order valence-corrected chi connectivity index (χ1v) is 9.40. The number of aryl methyl sites for hydroxylation is 1. The summed E-state index contributed by atoms with van der Waals surface area (Å²) in [5.74, 6) is -1.82. The standard InChI is InChI=1S/C20H22FN3O4/c1-11-6-7-14(21)16(8-11)24-15-5-3-4-13(15)18(22-24)19(25)23-9-12(2)28-17(10-23)20(26)27/h6-8,12,17H,3-5,9-10H2,1-2H3,(H,26,27)/t12-,17?/m1/s1. The molecule has 2 aromatic rings. The van der Waals surface area contributed by atoms with Crippen molar-refractivity contribution in [1.82, 2.24) is 14.7 Å². The van der Waals surface area contributed by atoms with E-state index in [2.05, 4.69) is 5.10 Å². The van der Waals surface area contributed by atoms with Crippen molar-refractivity contribution in [2.45, 2.75) is 45.3 Å². The van der Waals surface area contributed by atoms with Gasteiger partial charge >= 0.3 is 5.97 Å². The van der Waals surface area contributed by atoms with E-state index in [0.717, 1.165) is 29.7 Å². The number of ether oxygens (including phenoxy) is 1. The second-order valence-corrected chi connectivity index (χ2v) is 7.48. The van der Waals surface area contributed by atoms with Crippen LogP contribution in [0.15, 0.2) is 18.2 Å². The summed E-state index contributed by atoms with van der Waals surface area (Å²) in [7, 11) is 0. The predicted molar refractivity (Wildman–Crippen MR) is 98.2 cm³/mol. The van der Waals surface area contributed by atoms with E-state index in [9.17, 15) is 19.1 Å². The van der Waals surface area contributed by atoms with E-state index in [1.807, 2.05) is 6.92 Å². The zero-order valence-electron chi connectivity index (χ0n) is 15.8. The molecule has 0 radical (unpaired) electrons. The van der Waals surface area contributed by atoms with E-state index in [1.54, 1.807) is 19.1 Å². The summed E-state index contributed by atoms with van der Waals surface area (Å²) in [6, 6.07) is 4.80. The van der Waals surface area contributed by atoms with Gasteiger partial charge in [0.1, 0.15) is 11.5 Å². The van der Waals surface area contributed by atoms with Gasteiger partial charge in [-0.3, -0.25) is 4.79 Å². The van der Waals surface area contributed by atoms with Crippen LogP contribution >= 0.6 is 0 Å². The molecule has 1 aromatic heterocycles. The van der Waals surface area contributed by atoms with Crippen molar-refractivity contribution >= 4 is 11.9 Å². The molecule has 8 heteroatoms. The first-order valence-electron chi connectivity index (χ1n) is 9.40. The lowest BCUT2D eigenvalue weighted by Crippen LogP contribution is -2.52. The van der Waals surface area contributed by atoms with Crippen LogP contribution in [-0.4, -0.2) is 57.0 Å². The highest BCUT2D eigenvalue weighted by Gasteiger charge is 2.36. The maximum absolute atomic E-state index is 14.4. The molecule has 2 heterocycles. The van der Waals surface area contributed by atoms with Gasteiger partial charge in [0.2, 0.25) is 0 Å². The number of carbonyl (C=O) groups excluding carboxylic acids is 1. The number of fused-ring (bicyclic) bond motifs is 1. The molecule has 1 fully saturated rings. The molecule has 1 saturated heterocycles. The molecule has 7 nitrogen and oxygen atoms in total. The number of rotatable bonds is 3. The van der Waals surface area contributed by atoms with Crippen molar-refractivity contribution < 1.29 is 23.8 Å². The van der Waals surface area contributed by atoms with Crippen molar-refractivity contribution in [1.29, 1.82) is 0 Å². The largest absolute Gasteiger partial charge is 0.479 e. The van der Waals surface area contributed by atoms with E-state index in [0.29, 0.717) is 18.7 Å². The average Bonchev–Trinajstić information content (AvgIpc) is 3.25. The highest BCUT2D eigenvalue weighted by Crippen LogP contribution is 2.30. The Labute approximate surface area is 161 Å². The predicted octanol–water partition coefficient (Wildman–Crippen LogP) is 2.12. The van der Waals surface area contributed by atoms with Crippen LogP contribution in [-0.2, 0) is 22.4 Å². The molecule has 1 N–H and O–H groups in total. The number of hydrogen-bond donors (Lipinski definition) is 1. The quantitative estimate of drug-likeness (QED) is 0.872. The molecule has 4 rings (SSSR count). The highest BCUT2D eigenvalue weighted by atomic mass is 19.1. The van der Waals surface area contributed by atoms with Crippen LogP contribution in [0.3, 0.4) is 0 Å². The Bertz CT molecular complexity index is 955. The lowest BCUT2D eigenvalue weighted by Gasteiger charge is -2.34. The van der Waals surface area contributed by atoms with E-state index >= 15 is 0 Å². The van der Waals surface area contributed by atoms with Gasteiger partial charge in [0.15, 0.2) is 11.8 Å². The lowest BCUT2D eigenvalue weighted by atomic mass is 10.1. The Morgan fingerprint density at radius 2 is 2.07 bits per heavy atom. The molecule has 1 unspecified atom stereocenters. The number of nitrogens with zero attached hydrogens (tertiary/aromatic N) is 3. The van der Waals surface area contributed by atoms with Crippen LogP contribution in [0.2, 0.25) is 0 Å². The molecule has 28 heavy (non-hydrogen) atoms. The molecular formula is C20H22FN3O4. The number of hydrogen-bond acceptors (Lipinski definition) is 4. The molecule has 0 bridgehead atoms. The van der Waals surface area contributed by atoms with Crippen LogP contribution in [0.1, 0.15) is 40.7 Å². The smallest absolute Gasteiger partial charge is 0.334 e. The van der Waals surface area contributed by atoms with Gasteiger partial charge in [-0.15, -0.1) is 0 Å². The second kappa shape index (κ2) is 7.01. The number of carboxylic acids is 1. The lowest BCUT2D eigenvalue weighted by molar-refractivity contribution is -0.160. The molecule has 1 aliphatic heterocycles. The van der Waals surface area contributed by atoms with Crippen molar-refractivity contribution in [2.24, 2.45) is 0 Å². The minimum absolute atomic E-state index is 0.0288.